The van der Waals surface area contributed by atoms with Crippen LogP contribution in [0, 0.1) is 12.8 Å². The van der Waals surface area contributed by atoms with E-state index >= 15 is 0 Å². The zero-order valence-electron chi connectivity index (χ0n) is 15.6. The Morgan fingerprint density at radius 3 is 2.32 bits per heavy atom. The molecule has 0 saturated heterocycles. The summed E-state index contributed by atoms with van der Waals surface area (Å²) in [6, 6.07) is 13.0. The predicted octanol–water partition coefficient (Wildman–Crippen LogP) is 4.15. The van der Waals surface area contributed by atoms with Crippen LogP contribution in [-0.4, -0.2) is 30.8 Å². The highest BCUT2D eigenvalue weighted by molar-refractivity contribution is 6.05. The molecule has 0 heterocycles. The molecule has 0 radical (unpaired) electrons. The van der Waals surface area contributed by atoms with Gasteiger partial charge in [0, 0.05) is 30.9 Å². The molecule has 0 fully saturated rings. The minimum absolute atomic E-state index is 0.0438. The second-order valence-corrected chi connectivity index (χ2v) is 6.94. The number of nitrogens with one attached hydrogen (secondary N) is 1. The molecule has 2 rings (SSSR count). The lowest BCUT2D eigenvalue weighted by molar-refractivity contribution is 0.0826. The Morgan fingerprint density at radius 1 is 1.04 bits per heavy atom. The molecule has 4 heteroatoms. The summed E-state index contributed by atoms with van der Waals surface area (Å²) in [5, 5.41) is 2.94. The van der Waals surface area contributed by atoms with Gasteiger partial charge in [-0.2, -0.15) is 0 Å². The van der Waals surface area contributed by atoms with Crippen molar-refractivity contribution in [1.29, 1.82) is 0 Å². The first-order chi connectivity index (χ1) is 11.8. The molecule has 2 amide bonds. The molecule has 0 bridgehead atoms. The third-order valence-corrected chi connectivity index (χ3v) is 4.01. The van der Waals surface area contributed by atoms with Gasteiger partial charge >= 0.3 is 0 Å². The summed E-state index contributed by atoms with van der Waals surface area (Å²) < 4.78 is 0. The average molecular weight is 338 g/mol. The maximum Gasteiger partial charge on any atom is 0.255 e. The zero-order valence-corrected chi connectivity index (χ0v) is 15.6. The molecule has 132 valence electrons. The largest absolute Gasteiger partial charge is 0.345 e. The smallest absolute Gasteiger partial charge is 0.255 e. The van der Waals surface area contributed by atoms with Crippen molar-refractivity contribution in [2.45, 2.75) is 27.2 Å². The summed E-state index contributed by atoms with van der Waals surface area (Å²) in [5.74, 6) is 0.313. The fraction of sp³-hybridized carbons (Fsp3) is 0.333. The van der Waals surface area contributed by atoms with Gasteiger partial charge in [0.25, 0.3) is 11.8 Å². The van der Waals surface area contributed by atoms with Gasteiger partial charge in [-0.25, -0.2) is 0 Å². The second kappa shape index (κ2) is 7.97. The van der Waals surface area contributed by atoms with E-state index < -0.39 is 0 Å². The fourth-order valence-corrected chi connectivity index (χ4v) is 2.78. The van der Waals surface area contributed by atoms with Crippen LogP contribution in [0.5, 0.6) is 0 Å². The van der Waals surface area contributed by atoms with Crippen molar-refractivity contribution < 1.29 is 9.59 Å². The minimum Gasteiger partial charge on any atom is -0.345 e. The van der Waals surface area contributed by atoms with Crippen LogP contribution in [0.4, 0.5) is 5.69 Å². The highest BCUT2D eigenvalue weighted by Gasteiger charge is 2.14. The summed E-state index contributed by atoms with van der Waals surface area (Å²) >= 11 is 0. The molecule has 25 heavy (non-hydrogen) atoms. The standard InChI is InChI=1S/C21H26N2O2/c1-14(2)12-16-8-6-7-9-19(16)20(24)22-17-10-11-18(15(3)13-17)21(25)23(4)5/h6-11,13-14H,12H2,1-5H3,(H,22,24). The Bertz CT molecular complexity index is 779. The molecule has 1 N–H and O–H groups in total. The summed E-state index contributed by atoms with van der Waals surface area (Å²) in [5.41, 5.74) is 3.92. The average Bonchev–Trinajstić information content (AvgIpc) is 2.54. The van der Waals surface area contributed by atoms with Crippen molar-refractivity contribution >= 4 is 17.5 Å². The van der Waals surface area contributed by atoms with E-state index in [0.717, 1.165) is 17.5 Å². The van der Waals surface area contributed by atoms with E-state index in [1.54, 1.807) is 31.1 Å². The zero-order chi connectivity index (χ0) is 18.6. The van der Waals surface area contributed by atoms with Gasteiger partial charge in [-0.1, -0.05) is 32.0 Å². The third kappa shape index (κ3) is 4.69. The van der Waals surface area contributed by atoms with E-state index in [2.05, 4.69) is 19.2 Å². The van der Waals surface area contributed by atoms with Crippen LogP contribution in [0.2, 0.25) is 0 Å². The SMILES string of the molecule is Cc1cc(NC(=O)c2ccccc2CC(C)C)ccc1C(=O)N(C)C. The van der Waals surface area contributed by atoms with Gasteiger partial charge < -0.3 is 10.2 Å². The van der Waals surface area contributed by atoms with Crippen LogP contribution < -0.4 is 5.32 Å². The Balaban J connectivity index is 2.22. The fourth-order valence-electron chi connectivity index (χ4n) is 2.78. The van der Waals surface area contributed by atoms with Gasteiger partial charge in [0.05, 0.1) is 0 Å². The maximum atomic E-state index is 12.7. The van der Waals surface area contributed by atoms with E-state index in [1.807, 2.05) is 37.3 Å². The summed E-state index contributed by atoms with van der Waals surface area (Å²) in [6.07, 6.45) is 0.860. The summed E-state index contributed by atoms with van der Waals surface area (Å²) in [7, 11) is 3.45. The van der Waals surface area contributed by atoms with Crippen molar-refractivity contribution in [3.05, 3.63) is 64.7 Å². The van der Waals surface area contributed by atoms with Crippen molar-refractivity contribution in [1.82, 2.24) is 4.90 Å². The van der Waals surface area contributed by atoms with Gasteiger partial charge in [-0.3, -0.25) is 9.59 Å². The molecule has 4 nitrogen and oxygen atoms in total. The number of anilines is 1. The first-order valence-electron chi connectivity index (χ1n) is 8.51. The molecule has 0 unspecified atom stereocenters. The number of amides is 2. The number of benzene rings is 2. The molecular formula is C21H26N2O2. The topological polar surface area (TPSA) is 49.4 Å². The molecule has 0 spiro atoms. The van der Waals surface area contributed by atoms with Gasteiger partial charge in [0.1, 0.15) is 0 Å². The van der Waals surface area contributed by atoms with E-state index in [4.69, 9.17) is 0 Å². The first-order valence-corrected chi connectivity index (χ1v) is 8.51. The second-order valence-electron chi connectivity index (χ2n) is 6.94. The van der Waals surface area contributed by atoms with E-state index in [-0.39, 0.29) is 11.8 Å². The van der Waals surface area contributed by atoms with Crippen molar-refractivity contribution in [3.8, 4) is 0 Å². The van der Waals surface area contributed by atoms with Crippen molar-refractivity contribution in [2.75, 3.05) is 19.4 Å². The molecule has 0 aliphatic carbocycles. The summed E-state index contributed by atoms with van der Waals surface area (Å²) in [6.45, 7) is 6.15. The number of hydrogen-bond acceptors (Lipinski definition) is 2. The Labute approximate surface area is 149 Å². The number of carbonyl (C=O) groups excluding carboxylic acids is 2. The predicted molar refractivity (Wildman–Crippen MR) is 102 cm³/mol. The lowest BCUT2D eigenvalue weighted by Gasteiger charge is -2.15. The Morgan fingerprint density at radius 2 is 1.72 bits per heavy atom. The third-order valence-electron chi connectivity index (χ3n) is 4.01. The highest BCUT2D eigenvalue weighted by Crippen LogP contribution is 2.19. The number of nitrogens with zero attached hydrogens (tertiary/aromatic N) is 1. The lowest BCUT2D eigenvalue weighted by atomic mass is 9.97. The molecule has 0 aliphatic rings. The van der Waals surface area contributed by atoms with E-state index in [1.165, 1.54) is 0 Å². The highest BCUT2D eigenvalue weighted by atomic mass is 16.2. The Hall–Kier alpha value is -2.62. The number of hydrogen-bond donors (Lipinski definition) is 1. The van der Waals surface area contributed by atoms with Gasteiger partial charge in [-0.15, -0.1) is 0 Å². The van der Waals surface area contributed by atoms with Crippen LogP contribution in [0.1, 0.15) is 45.7 Å². The molecular weight excluding hydrogens is 312 g/mol. The normalized spacial score (nSPS) is 10.6. The summed E-state index contributed by atoms with van der Waals surface area (Å²) in [4.78, 5) is 26.3. The number of carbonyl (C=O) groups is 2. The van der Waals surface area contributed by atoms with E-state index in [9.17, 15) is 9.59 Å². The van der Waals surface area contributed by atoms with Gasteiger partial charge in [0.2, 0.25) is 0 Å². The molecule has 0 aliphatic heterocycles. The van der Waals surface area contributed by atoms with Crippen LogP contribution in [-0.2, 0) is 6.42 Å². The van der Waals surface area contributed by atoms with Gasteiger partial charge in [0.15, 0.2) is 0 Å². The number of rotatable bonds is 5. The maximum absolute atomic E-state index is 12.7. The van der Waals surface area contributed by atoms with Crippen LogP contribution >= 0.6 is 0 Å². The molecule has 2 aromatic rings. The monoisotopic (exact) mass is 338 g/mol. The molecule has 2 aromatic carbocycles. The van der Waals surface area contributed by atoms with Crippen molar-refractivity contribution in [3.63, 3.8) is 0 Å². The Kier molecular flexibility index (Phi) is 5.97. The molecule has 0 saturated carbocycles. The first kappa shape index (κ1) is 18.7. The van der Waals surface area contributed by atoms with Crippen molar-refractivity contribution in [2.24, 2.45) is 5.92 Å². The minimum atomic E-state index is -0.123. The quantitative estimate of drug-likeness (QED) is 0.890. The van der Waals surface area contributed by atoms with Gasteiger partial charge in [-0.05, 0) is 54.7 Å². The van der Waals surface area contributed by atoms with Crippen LogP contribution in [0.15, 0.2) is 42.5 Å². The molecule has 0 atom stereocenters. The molecule has 0 aromatic heterocycles. The van der Waals surface area contributed by atoms with Crippen LogP contribution in [0.3, 0.4) is 0 Å². The van der Waals surface area contributed by atoms with Crippen LogP contribution in [0.25, 0.3) is 0 Å². The van der Waals surface area contributed by atoms with E-state index in [0.29, 0.717) is 22.7 Å². The number of aryl methyl sites for hydroxylation is 1. The lowest BCUT2D eigenvalue weighted by Crippen LogP contribution is -2.22.